The van der Waals surface area contributed by atoms with Gasteiger partial charge in [0.1, 0.15) is 5.76 Å². The molecule has 2 saturated carbocycles. The SMILES string of the molecule is Cc1nscc1C(=O)N1C[C@@H]2C(NC(=O)c3cc(C4CC4)on3)[C@@H]2C1. The Hall–Kier alpha value is -2.22. The molecule has 3 aliphatic rings. The number of nitrogens with zero attached hydrogens (tertiary/aromatic N) is 3. The van der Waals surface area contributed by atoms with Gasteiger partial charge in [-0.2, -0.15) is 4.37 Å². The first-order valence-corrected chi connectivity index (χ1v) is 9.43. The molecule has 3 heterocycles. The lowest BCUT2D eigenvalue weighted by molar-refractivity contribution is 0.0769. The standard InChI is InChI=1S/C17H18N4O3S/c1-8-12(7-25-20-8)17(23)21-5-10-11(6-21)15(10)18-16(22)13-4-14(24-19-13)9-2-3-9/h4,7,9-11,15H,2-3,5-6H2,1H3,(H,18,22)/t10-,11+,15?. The maximum absolute atomic E-state index is 12.5. The van der Waals surface area contributed by atoms with Gasteiger partial charge in [0, 0.05) is 48.3 Å². The second-order valence-corrected chi connectivity index (χ2v) is 7.87. The van der Waals surface area contributed by atoms with E-state index >= 15 is 0 Å². The van der Waals surface area contributed by atoms with Crippen molar-refractivity contribution >= 4 is 23.3 Å². The molecule has 1 N–H and O–H groups in total. The molecule has 1 unspecified atom stereocenters. The molecular formula is C17H18N4O3S. The van der Waals surface area contributed by atoms with E-state index < -0.39 is 0 Å². The number of amides is 2. The third-order valence-corrected chi connectivity index (χ3v) is 6.22. The van der Waals surface area contributed by atoms with Gasteiger partial charge in [-0.05, 0) is 31.3 Å². The van der Waals surface area contributed by atoms with Crippen LogP contribution in [0.25, 0.3) is 0 Å². The molecule has 2 aromatic rings. The van der Waals surface area contributed by atoms with Crippen LogP contribution in [0.1, 0.15) is 51.1 Å². The summed E-state index contributed by atoms with van der Waals surface area (Å²) >= 11 is 1.31. The summed E-state index contributed by atoms with van der Waals surface area (Å²) < 4.78 is 9.41. The van der Waals surface area contributed by atoms with Crippen molar-refractivity contribution in [1.82, 2.24) is 19.7 Å². The summed E-state index contributed by atoms with van der Waals surface area (Å²) in [7, 11) is 0. The minimum atomic E-state index is -0.175. The normalized spacial score (nSPS) is 27.2. The molecule has 3 atom stereocenters. The smallest absolute Gasteiger partial charge is 0.273 e. The number of fused-ring (bicyclic) bond motifs is 1. The van der Waals surface area contributed by atoms with E-state index in [9.17, 15) is 9.59 Å². The van der Waals surface area contributed by atoms with E-state index in [2.05, 4.69) is 14.8 Å². The largest absolute Gasteiger partial charge is 0.360 e. The third-order valence-electron chi connectivity index (χ3n) is 5.50. The average molecular weight is 358 g/mol. The van der Waals surface area contributed by atoms with Crippen molar-refractivity contribution in [3.05, 3.63) is 34.2 Å². The second kappa shape index (κ2) is 5.39. The van der Waals surface area contributed by atoms with Crippen LogP contribution in [-0.4, -0.2) is 45.4 Å². The fraction of sp³-hybridized carbons (Fsp3) is 0.529. The van der Waals surface area contributed by atoms with Gasteiger partial charge in [0.15, 0.2) is 5.69 Å². The molecule has 1 aliphatic heterocycles. The summed E-state index contributed by atoms with van der Waals surface area (Å²) in [6.45, 7) is 3.24. The number of carbonyl (C=O) groups is 2. The number of carbonyl (C=O) groups excluding carboxylic acids is 2. The number of nitrogens with one attached hydrogen (secondary N) is 1. The Morgan fingerprint density at radius 2 is 2.08 bits per heavy atom. The molecule has 25 heavy (non-hydrogen) atoms. The Morgan fingerprint density at radius 3 is 2.72 bits per heavy atom. The lowest BCUT2D eigenvalue weighted by Gasteiger charge is -2.19. The number of aryl methyl sites for hydroxylation is 1. The van der Waals surface area contributed by atoms with Gasteiger partial charge >= 0.3 is 0 Å². The minimum absolute atomic E-state index is 0.0501. The number of rotatable bonds is 4. The Bertz CT molecular complexity index is 844. The topological polar surface area (TPSA) is 88.3 Å². The number of hydrogen-bond donors (Lipinski definition) is 1. The molecule has 5 rings (SSSR count). The molecule has 8 heteroatoms. The molecule has 0 aromatic carbocycles. The molecule has 2 aliphatic carbocycles. The second-order valence-electron chi connectivity index (χ2n) is 7.24. The van der Waals surface area contributed by atoms with E-state index in [1.807, 2.05) is 17.2 Å². The molecule has 7 nitrogen and oxygen atoms in total. The van der Waals surface area contributed by atoms with Gasteiger partial charge in [0.2, 0.25) is 0 Å². The Balaban J connectivity index is 1.17. The van der Waals surface area contributed by atoms with E-state index in [1.165, 1.54) is 11.5 Å². The van der Waals surface area contributed by atoms with Crippen LogP contribution in [0.4, 0.5) is 0 Å². The number of likely N-dealkylation sites (tertiary alicyclic amines) is 1. The van der Waals surface area contributed by atoms with Crippen molar-refractivity contribution in [1.29, 1.82) is 0 Å². The molecule has 0 spiro atoms. The summed E-state index contributed by atoms with van der Waals surface area (Å²) in [6, 6.07) is 1.90. The minimum Gasteiger partial charge on any atom is -0.360 e. The van der Waals surface area contributed by atoms with Crippen LogP contribution in [0.3, 0.4) is 0 Å². The van der Waals surface area contributed by atoms with E-state index in [1.54, 1.807) is 6.07 Å². The molecule has 1 saturated heterocycles. The zero-order valence-corrected chi connectivity index (χ0v) is 14.6. The predicted octanol–water partition coefficient (Wildman–Crippen LogP) is 1.82. The molecular weight excluding hydrogens is 340 g/mol. The van der Waals surface area contributed by atoms with Gasteiger partial charge in [0.25, 0.3) is 11.8 Å². The highest BCUT2D eigenvalue weighted by Crippen LogP contribution is 2.46. The summed E-state index contributed by atoms with van der Waals surface area (Å²) in [5, 5.41) is 8.73. The van der Waals surface area contributed by atoms with Crippen molar-refractivity contribution < 1.29 is 14.1 Å². The first-order valence-electron chi connectivity index (χ1n) is 8.59. The van der Waals surface area contributed by atoms with E-state index in [4.69, 9.17) is 4.52 Å². The van der Waals surface area contributed by atoms with Gasteiger partial charge in [-0.1, -0.05) is 5.16 Å². The van der Waals surface area contributed by atoms with Crippen LogP contribution >= 0.6 is 11.5 Å². The van der Waals surface area contributed by atoms with Gasteiger partial charge < -0.3 is 14.7 Å². The van der Waals surface area contributed by atoms with Gasteiger partial charge in [-0.15, -0.1) is 0 Å². The van der Waals surface area contributed by atoms with E-state index in [0.717, 1.165) is 24.3 Å². The van der Waals surface area contributed by atoms with Crippen LogP contribution in [-0.2, 0) is 0 Å². The zero-order chi connectivity index (χ0) is 17.1. The van der Waals surface area contributed by atoms with Crippen molar-refractivity contribution in [2.24, 2.45) is 11.8 Å². The third kappa shape index (κ3) is 2.55. The molecule has 0 bridgehead atoms. The highest BCUT2D eigenvalue weighted by atomic mass is 32.1. The maximum Gasteiger partial charge on any atom is 0.273 e. The highest BCUT2D eigenvalue weighted by Gasteiger charge is 2.57. The zero-order valence-electron chi connectivity index (χ0n) is 13.8. The van der Waals surface area contributed by atoms with Crippen LogP contribution in [0.2, 0.25) is 0 Å². The number of aromatic nitrogens is 2. The van der Waals surface area contributed by atoms with Crippen LogP contribution in [0.5, 0.6) is 0 Å². The number of piperidine rings is 1. The fourth-order valence-corrected chi connectivity index (χ4v) is 4.44. The van der Waals surface area contributed by atoms with Crippen LogP contribution < -0.4 is 5.32 Å². The van der Waals surface area contributed by atoms with Gasteiger partial charge in [-0.25, -0.2) is 0 Å². The monoisotopic (exact) mass is 358 g/mol. The summed E-state index contributed by atoms with van der Waals surface area (Å²) in [4.78, 5) is 26.7. The van der Waals surface area contributed by atoms with E-state index in [0.29, 0.717) is 42.1 Å². The van der Waals surface area contributed by atoms with Crippen molar-refractivity contribution in [2.45, 2.75) is 31.7 Å². The highest BCUT2D eigenvalue weighted by molar-refractivity contribution is 7.03. The quantitative estimate of drug-likeness (QED) is 0.901. The first kappa shape index (κ1) is 15.1. The van der Waals surface area contributed by atoms with Gasteiger partial charge in [0.05, 0.1) is 11.3 Å². The lowest BCUT2D eigenvalue weighted by atomic mass is 10.2. The fourth-order valence-electron chi connectivity index (χ4n) is 3.76. The summed E-state index contributed by atoms with van der Waals surface area (Å²) in [5.41, 5.74) is 1.85. The molecule has 2 amide bonds. The molecule has 3 fully saturated rings. The predicted molar refractivity (Wildman–Crippen MR) is 89.5 cm³/mol. The van der Waals surface area contributed by atoms with E-state index in [-0.39, 0.29) is 17.9 Å². The summed E-state index contributed by atoms with van der Waals surface area (Å²) in [6.07, 6.45) is 2.23. The van der Waals surface area contributed by atoms with Crippen molar-refractivity contribution in [3.8, 4) is 0 Å². The van der Waals surface area contributed by atoms with Crippen LogP contribution in [0, 0.1) is 18.8 Å². The first-order chi connectivity index (χ1) is 12.1. The number of hydrogen-bond acceptors (Lipinski definition) is 6. The molecule has 130 valence electrons. The molecule has 0 radical (unpaired) electrons. The average Bonchev–Trinajstić information content (AvgIpc) is 3.33. The lowest BCUT2D eigenvalue weighted by Crippen LogP contribution is -2.37. The van der Waals surface area contributed by atoms with Crippen molar-refractivity contribution in [3.63, 3.8) is 0 Å². The van der Waals surface area contributed by atoms with Crippen LogP contribution in [0.15, 0.2) is 16.0 Å². The maximum atomic E-state index is 12.5. The Kier molecular flexibility index (Phi) is 3.25. The Morgan fingerprint density at radius 1 is 1.32 bits per heavy atom. The van der Waals surface area contributed by atoms with Crippen molar-refractivity contribution in [2.75, 3.05) is 13.1 Å². The molecule has 2 aromatic heterocycles. The van der Waals surface area contributed by atoms with Gasteiger partial charge in [-0.3, -0.25) is 9.59 Å². The summed E-state index contributed by atoms with van der Waals surface area (Å²) in [5.74, 6) is 1.82. The Labute approximate surface area is 148 Å².